The number of aromatic amines is 1. The number of carbonyl (C=O) groups excluding carboxylic acids is 1. The summed E-state index contributed by atoms with van der Waals surface area (Å²) < 4.78 is 39.0. The zero-order valence-electron chi connectivity index (χ0n) is 9.21. The molecule has 19 heavy (non-hydrogen) atoms. The molecule has 0 atom stereocenters. The highest BCUT2D eigenvalue weighted by atomic mass is 19.2. The molecule has 0 bridgehead atoms. The number of hydrogen-bond acceptors (Lipinski definition) is 3. The van der Waals surface area contributed by atoms with Crippen LogP contribution >= 0.6 is 0 Å². The highest BCUT2D eigenvalue weighted by Crippen LogP contribution is 2.16. The average Bonchev–Trinajstić information content (AvgIpc) is 2.36. The van der Waals surface area contributed by atoms with Crippen LogP contribution in [0.5, 0.6) is 0 Å². The molecule has 2 aromatic rings. The number of aromatic nitrogens is 2. The molecule has 2 rings (SSSR count). The van der Waals surface area contributed by atoms with E-state index in [-0.39, 0.29) is 5.82 Å². The molecule has 98 valence electrons. The van der Waals surface area contributed by atoms with Gasteiger partial charge >= 0.3 is 5.69 Å². The summed E-state index contributed by atoms with van der Waals surface area (Å²) in [6, 6.07) is 2.67. The zero-order chi connectivity index (χ0) is 14.0. The minimum absolute atomic E-state index is 0.0471. The fourth-order valence-electron chi connectivity index (χ4n) is 1.33. The molecular weight excluding hydrogens is 263 g/mol. The number of rotatable bonds is 2. The van der Waals surface area contributed by atoms with Gasteiger partial charge in [0.2, 0.25) is 0 Å². The summed E-state index contributed by atoms with van der Waals surface area (Å²) in [7, 11) is 0. The molecule has 1 heterocycles. The Kier molecular flexibility index (Phi) is 3.32. The maximum Gasteiger partial charge on any atom is 0.346 e. The summed E-state index contributed by atoms with van der Waals surface area (Å²) in [5, 5.41) is 2.12. The second-order valence-electron chi connectivity index (χ2n) is 3.47. The molecule has 1 aromatic heterocycles. The van der Waals surface area contributed by atoms with Crippen molar-refractivity contribution in [1.82, 2.24) is 9.97 Å². The minimum Gasteiger partial charge on any atom is -0.308 e. The van der Waals surface area contributed by atoms with E-state index in [0.29, 0.717) is 6.07 Å². The Bertz CT molecular complexity index is 700. The van der Waals surface area contributed by atoms with Crippen LogP contribution in [0.25, 0.3) is 0 Å². The van der Waals surface area contributed by atoms with E-state index in [9.17, 15) is 22.8 Å². The lowest BCUT2D eigenvalue weighted by atomic mass is 10.2. The molecule has 0 saturated heterocycles. The number of nitrogens with zero attached hydrogens (tertiary/aromatic N) is 1. The quantitative estimate of drug-likeness (QED) is 0.810. The Balaban J connectivity index is 2.31. The van der Waals surface area contributed by atoms with Crippen molar-refractivity contribution in [1.29, 1.82) is 0 Å². The number of halogens is 3. The van der Waals surface area contributed by atoms with Gasteiger partial charge in [0, 0.05) is 6.20 Å². The van der Waals surface area contributed by atoms with Crippen LogP contribution < -0.4 is 11.0 Å². The van der Waals surface area contributed by atoms with Crippen molar-refractivity contribution in [3.63, 3.8) is 0 Å². The Morgan fingerprint density at radius 3 is 2.58 bits per heavy atom. The Morgan fingerprint density at radius 1 is 1.16 bits per heavy atom. The second kappa shape index (κ2) is 4.92. The van der Waals surface area contributed by atoms with Gasteiger partial charge in [-0.05, 0) is 18.2 Å². The van der Waals surface area contributed by atoms with Gasteiger partial charge in [0.1, 0.15) is 5.82 Å². The van der Waals surface area contributed by atoms with Crippen molar-refractivity contribution in [2.24, 2.45) is 0 Å². The Morgan fingerprint density at radius 2 is 1.89 bits per heavy atom. The van der Waals surface area contributed by atoms with Crippen LogP contribution in [-0.2, 0) is 0 Å². The van der Waals surface area contributed by atoms with E-state index >= 15 is 0 Å². The lowest BCUT2D eigenvalue weighted by Crippen LogP contribution is -2.19. The second-order valence-corrected chi connectivity index (χ2v) is 3.47. The summed E-state index contributed by atoms with van der Waals surface area (Å²) in [5.74, 6) is -5.82. The summed E-state index contributed by atoms with van der Waals surface area (Å²) >= 11 is 0. The first-order chi connectivity index (χ1) is 8.99. The molecule has 0 fully saturated rings. The lowest BCUT2D eigenvalue weighted by Gasteiger charge is -2.06. The smallest absolute Gasteiger partial charge is 0.308 e. The largest absolute Gasteiger partial charge is 0.346 e. The van der Waals surface area contributed by atoms with Crippen LogP contribution in [0.15, 0.2) is 29.2 Å². The van der Waals surface area contributed by atoms with E-state index in [1.54, 1.807) is 0 Å². The third-order valence-electron chi connectivity index (χ3n) is 2.20. The van der Waals surface area contributed by atoms with Crippen LogP contribution in [0.2, 0.25) is 0 Å². The Hall–Kier alpha value is -2.64. The van der Waals surface area contributed by atoms with E-state index in [0.717, 1.165) is 12.3 Å². The average molecular weight is 269 g/mol. The SMILES string of the molecule is O=C(Nc1ccnc(=O)[nH]1)c1ccc(F)c(F)c1F. The number of amides is 1. The fourth-order valence-corrected chi connectivity index (χ4v) is 1.33. The van der Waals surface area contributed by atoms with E-state index in [2.05, 4.69) is 15.3 Å². The van der Waals surface area contributed by atoms with Crippen LogP contribution in [0.3, 0.4) is 0 Å². The van der Waals surface area contributed by atoms with E-state index < -0.39 is 34.6 Å². The molecule has 0 aliphatic carbocycles. The van der Waals surface area contributed by atoms with Gasteiger partial charge in [-0.25, -0.2) is 22.9 Å². The molecule has 0 aliphatic heterocycles. The van der Waals surface area contributed by atoms with E-state index in [4.69, 9.17) is 0 Å². The standard InChI is InChI=1S/C11H6F3N3O2/c12-6-2-1-5(8(13)9(6)14)10(18)16-7-3-4-15-11(19)17-7/h1-4H,(H2,15,16,17,18,19). The summed E-state index contributed by atoms with van der Waals surface area (Å²) in [6.07, 6.45) is 1.12. The molecule has 1 aromatic carbocycles. The van der Waals surface area contributed by atoms with Crippen molar-refractivity contribution in [3.05, 3.63) is 57.9 Å². The molecule has 0 aliphatic rings. The molecule has 1 amide bonds. The van der Waals surface area contributed by atoms with Crippen LogP contribution in [0, 0.1) is 17.5 Å². The van der Waals surface area contributed by atoms with Gasteiger partial charge in [-0.15, -0.1) is 0 Å². The summed E-state index contributed by atoms with van der Waals surface area (Å²) in [6.45, 7) is 0. The highest BCUT2D eigenvalue weighted by molar-refractivity contribution is 6.03. The van der Waals surface area contributed by atoms with Gasteiger partial charge in [-0.2, -0.15) is 0 Å². The number of H-pyrrole nitrogens is 1. The molecule has 0 unspecified atom stereocenters. The maximum atomic E-state index is 13.3. The number of carbonyl (C=O) groups is 1. The number of hydrogen-bond donors (Lipinski definition) is 2. The molecule has 5 nitrogen and oxygen atoms in total. The fraction of sp³-hybridized carbons (Fsp3) is 0. The van der Waals surface area contributed by atoms with Gasteiger partial charge < -0.3 is 5.32 Å². The molecule has 8 heteroatoms. The number of nitrogens with one attached hydrogen (secondary N) is 2. The number of anilines is 1. The van der Waals surface area contributed by atoms with Crippen molar-refractivity contribution in [2.75, 3.05) is 5.32 Å². The van der Waals surface area contributed by atoms with Crippen molar-refractivity contribution in [2.45, 2.75) is 0 Å². The lowest BCUT2D eigenvalue weighted by molar-refractivity contribution is 0.102. The number of benzene rings is 1. The van der Waals surface area contributed by atoms with Crippen molar-refractivity contribution >= 4 is 11.7 Å². The van der Waals surface area contributed by atoms with Gasteiger partial charge in [-0.1, -0.05) is 0 Å². The highest BCUT2D eigenvalue weighted by Gasteiger charge is 2.18. The molecule has 2 N–H and O–H groups in total. The summed E-state index contributed by atoms with van der Waals surface area (Å²) in [5.41, 5.74) is -1.40. The zero-order valence-corrected chi connectivity index (χ0v) is 9.21. The van der Waals surface area contributed by atoms with Gasteiger partial charge in [0.15, 0.2) is 17.5 Å². The predicted octanol–water partition coefficient (Wildman–Crippen LogP) is 1.44. The van der Waals surface area contributed by atoms with Crippen molar-refractivity contribution in [3.8, 4) is 0 Å². The summed E-state index contributed by atoms with van der Waals surface area (Å²) in [4.78, 5) is 28.0. The first-order valence-corrected chi connectivity index (χ1v) is 4.99. The van der Waals surface area contributed by atoms with Gasteiger partial charge in [0.05, 0.1) is 5.56 Å². The van der Waals surface area contributed by atoms with Crippen molar-refractivity contribution < 1.29 is 18.0 Å². The third kappa shape index (κ3) is 2.62. The molecule has 0 spiro atoms. The van der Waals surface area contributed by atoms with E-state index in [1.807, 2.05) is 0 Å². The van der Waals surface area contributed by atoms with Crippen LogP contribution in [0.1, 0.15) is 10.4 Å². The predicted molar refractivity (Wildman–Crippen MR) is 59.1 cm³/mol. The third-order valence-corrected chi connectivity index (χ3v) is 2.20. The molecule has 0 saturated carbocycles. The normalized spacial score (nSPS) is 10.3. The molecule has 0 radical (unpaired) electrons. The van der Waals surface area contributed by atoms with Crippen LogP contribution in [0.4, 0.5) is 19.0 Å². The first kappa shape index (κ1) is 12.8. The topological polar surface area (TPSA) is 74.8 Å². The monoisotopic (exact) mass is 269 g/mol. The Labute approximate surface area is 104 Å². The first-order valence-electron chi connectivity index (χ1n) is 4.99. The minimum atomic E-state index is -1.74. The molecular formula is C11H6F3N3O2. The van der Waals surface area contributed by atoms with Gasteiger partial charge in [0.25, 0.3) is 5.91 Å². The van der Waals surface area contributed by atoms with Gasteiger partial charge in [-0.3, -0.25) is 9.78 Å². The van der Waals surface area contributed by atoms with E-state index in [1.165, 1.54) is 6.07 Å². The maximum absolute atomic E-state index is 13.3. The van der Waals surface area contributed by atoms with Crippen LogP contribution in [-0.4, -0.2) is 15.9 Å².